The summed E-state index contributed by atoms with van der Waals surface area (Å²) in [5, 5.41) is 0. The molecule has 10 heteroatoms. The van der Waals surface area contributed by atoms with Gasteiger partial charge in [0.1, 0.15) is 5.75 Å². The van der Waals surface area contributed by atoms with Gasteiger partial charge in [-0.05, 0) is 217 Å². The Balaban J connectivity index is -0.000000911. The van der Waals surface area contributed by atoms with E-state index < -0.39 is 17.3 Å². The van der Waals surface area contributed by atoms with Gasteiger partial charge in [0.25, 0.3) is 11.8 Å². The Morgan fingerprint density at radius 3 is 1.00 bits per heavy atom. The third-order valence-electron chi connectivity index (χ3n) is 14.1. The minimum absolute atomic E-state index is 0.0503. The van der Waals surface area contributed by atoms with Gasteiger partial charge < -0.3 is 28.4 Å². The van der Waals surface area contributed by atoms with Crippen LogP contribution in [0.25, 0.3) is 0 Å². The Labute approximate surface area is 540 Å². The van der Waals surface area contributed by atoms with Crippen molar-refractivity contribution in [1.29, 1.82) is 0 Å². The topological polar surface area (TPSA) is 55.4 Å². The van der Waals surface area contributed by atoms with E-state index >= 15 is 0 Å². The number of benzene rings is 1. The van der Waals surface area contributed by atoms with E-state index in [1.54, 1.807) is 27.9 Å². The largest absolute Gasteiger partial charge is 0.497 e. The minimum Gasteiger partial charge on any atom is -0.497 e. The lowest BCUT2D eigenvalue weighted by molar-refractivity contribution is -0.197. The molecule has 1 aromatic carbocycles. The Morgan fingerprint density at radius 2 is 0.793 bits per heavy atom. The first-order chi connectivity index (χ1) is 38.6. The number of alkyl halides is 4. The highest BCUT2D eigenvalue weighted by Gasteiger charge is 2.54. The van der Waals surface area contributed by atoms with Crippen LogP contribution in [0.5, 0.6) is 5.75 Å². The molecule has 0 aromatic heterocycles. The van der Waals surface area contributed by atoms with E-state index in [-0.39, 0.29) is 52.7 Å². The highest BCUT2D eigenvalue weighted by atomic mass is 19.3. The lowest BCUT2D eigenvalue weighted by Crippen LogP contribution is -2.44. The number of hydrogen-bond donors (Lipinski definition) is 0. The Kier molecular flexibility index (Phi) is 39.9. The van der Waals surface area contributed by atoms with Gasteiger partial charge in [0.15, 0.2) is 0 Å². The first-order valence-corrected chi connectivity index (χ1v) is 34.3. The normalized spacial score (nSPS) is 19.0. The Morgan fingerprint density at radius 1 is 0.448 bits per heavy atom. The van der Waals surface area contributed by atoms with Crippen molar-refractivity contribution in [2.24, 2.45) is 44.8 Å². The molecule has 6 nitrogen and oxygen atoms in total. The van der Waals surface area contributed by atoms with Crippen molar-refractivity contribution in [2.45, 2.75) is 389 Å². The third kappa shape index (κ3) is 57.0. The van der Waals surface area contributed by atoms with Crippen molar-refractivity contribution >= 4 is 0 Å². The lowest BCUT2D eigenvalue weighted by atomic mass is 9.76. The van der Waals surface area contributed by atoms with E-state index in [1.807, 2.05) is 39.8 Å². The van der Waals surface area contributed by atoms with E-state index in [0.717, 1.165) is 37.4 Å². The van der Waals surface area contributed by atoms with Crippen LogP contribution in [-0.2, 0) is 29.1 Å². The van der Waals surface area contributed by atoms with E-state index in [0.29, 0.717) is 46.7 Å². The van der Waals surface area contributed by atoms with Gasteiger partial charge >= 0.3 is 0 Å². The maximum Gasteiger partial charge on any atom is 0.255 e. The predicted molar refractivity (Wildman–Crippen MR) is 371 cm³/mol. The Bertz CT molecular complexity index is 1820. The zero-order valence-corrected chi connectivity index (χ0v) is 64.2. The molecule has 7 rings (SSSR count). The van der Waals surface area contributed by atoms with Gasteiger partial charge in [-0.1, -0.05) is 170 Å². The van der Waals surface area contributed by atoms with Gasteiger partial charge in [-0.15, -0.1) is 0 Å². The average Bonchev–Trinajstić information content (AvgIpc) is 2.20. The molecule has 0 bridgehead atoms. The van der Waals surface area contributed by atoms with Crippen LogP contribution in [0.4, 0.5) is 17.6 Å². The molecule has 0 radical (unpaired) electrons. The number of methoxy groups -OCH3 is 1. The van der Waals surface area contributed by atoms with Crippen molar-refractivity contribution in [3.63, 3.8) is 0 Å². The van der Waals surface area contributed by atoms with Gasteiger partial charge in [0.2, 0.25) is 0 Å². The average molecular weight is 1250 g/mol. The summed E-state index contributed by atoms with van der Waals surface area (Å²) >= 11 is 0. The maximum atomic E-state index is 13.1. The van der Waals surface area contributed by atoms with Crippen LogP contribution in [0.1, 0.15) is 337 Å². The van der Waals surface area contributed by atoms with Gasteiger partial charge in [0.05, 0.1) is 47.8 Å². The second kappa shape index (κ2) is 38.7. The molecule has 522 valence electrons. The summed E-state index contributed by atoms with van der Waals surface area (Å²) in [6.45, 7) is 72.2. The fraction of sp³-hybridized carbons (Fsp3) is 0.922. The Hall–Kier alpha value is -1.46. The second-order valence-corrected chi connectivity index (χ2v) is 37.0. The summed E-state index contributed by atoms with van der Waals surface area (Å²) < 4.78 is 83.4. The van der Waals surface area contributed by atoms with E-state index in [2.05, 4.69) is 192 Å². The van der Waals surface area contributed by atoms with E-state index in [9.17, 15) is 17.6 Å². The molecule has 5 aliphatic carbocycles. The molecule has 0 spiro atoms. The van der Waals surface area contributed by atoms with Crippen LogP contribution in [0.2, 0.25) is 0 Å². The first-order valence-electron chi connectivity index (χ1n) is 34.3. The minimum atomic E-state index is -2.46. The molecule has 0 unspecified atom stereocenters. The van der Waals surface area contributed by atoms with Crippen molar-refractivity contribution < 1.29 is 46.0 Å². The van der Waals surface area contributed by atoms with Crippen LogP contribution in [-0.4, -0.2) is 79.5 Å². The zero-order valence-electron chi connectivity index (χ0n) is 64.2. The lowest BCUT2D eigenvalue weighted by Gasteiger charge is -2.38. The van der Waals surface area contributed by atoms with Crippen LogP contribution in [0.15, 0.2) is 24.3 Å². The van der Waals surface area contributed by atoms with Crippen molar-refractivity contribution in [3.8, 4) is 5.75 Å². The summed E-state index contributed by atoms with van der Waals surface area (Å²) in [5.41, 5.74) is 2.65. The maximum absolute atomic E-state index is 13.1. The number of hydrogen-bond acceptors (Lipinski definition) is 6. The molecule has 6 fully saturated rings. The van der Waals surface area contributed by atoms with Gasteiger partial charge in [-0.2, -0.15) is 0 Å². The molecule has 87 heavy (non-hydrogen) atoms. The monoisotopic (exact) mass is 1250 g/mol. The standard InChI is InChI=1S/C11H16O.C10H20O.C9H18O.C8H14F2O.C8H14F2.C8H16O.C7H14.C6H14O.2C5H12/c1-11(2,3)9-6-5-7-10(8-9)12-4;1-10(2,3)11-9-7-5-4-6-8-9;1-9(2,3)8-4-6-10-7-5-8;1-7(2,3)11-6-4-8(9,10)5-6;1-7(2,3)8(9,10)6-4-5-6;1-8(2,3)9-7-5-4-6-7;1-7(2,3)6-4-5-6;1-5-7-6(2,3)4;2*1-5(2,3)4/h5-8H,1-4H3;9H,4-8H2,1-3H3;8H,4-7H2,1-3H3;6H,4-5H2,1-3H3;6H,4-5H2,1-3H3;7H,4-6H2,1-3H3;6H,4-5H2,1-3H3;5H2,1-4H3;2*1-4H3. The summed E-state index contributed by atoms with van der Waals surface area (Å²) in [6, 6.07) is 8.21. The second-order valence-electron chi connectivity index (χ2n) is 37.0. The fourth-order valence-electron chi connectivity index (χ4n) is 8.96. The SMILES string of the molecule is CC(C)(C)C.CC(C)(C)C.CC(C)(C)C(F)(F)C1CC1.CC(C)(C)C1CC1.CC(C)(C)C1CCOCC1.CC(C)(C)OC1CC(F)(F)C1.CC(C)(C)OC1CCC1.CC(C)(C)OC1CCCCC1.CCOC(C)(C)C.COc1cccc(C(C)(C)C)c1. The van der Waals surface area contributed by atoms with Crippen LogP contribution < -0.4 is 4.74 Å². The predicted octanol–water partition coefficient (Wildman–Crippen LogP) is 25.0. The van der Waals surface area contributed by atoms with Gasteiger partial charge in [-0.25, -0.2) is 17.6 Å². The molecule has 0 amide bonds. The summed E-state index contributed by atoms with van der Waals surface area (Å²) in [4.78, 5) is 0. The highest BCUT2D eigenvalue weighted by molar-refractivity contribution is 5.32. The number of ether oxygens (including phenoxy) is 6. The molecule has 1 aromatic rings. The zero-order chi connectivity index (χ0) is 69.1. The van der Waals surface area contributed by atoms with Crippen LogP contribution in [0, 0.1) is 44.8 Å². The third-order valence-corrected chi connectivity index (χ3v) is 14.1. The van der Waals surface area contributed by atoms with Crippen molar-refractivity contribution in [3.05, 3.63) is 29.8 Å². The molecule has 0 atom stereocenters. The quantitative estimate of drug-likeness (QED) is 0.265. The van der Waals surface area contributed by atoms with Gasteiger partial charge in [0, 0.05) is 44.0 Å². The van der Waals surface area contributed by atoms with Crippen molar-refractivity contribution in [2.75, 3.05) is 26.9 Å². The van der Waals surface area contributed by atoms with E-state index in [4.69, 9.17) is 28.4 Å². The number of rotatable bonds is 6. The fourth-order valence-corrected chi connectivity index (χ4v) is 8.96. The molecular weight excluding hydrogens is 1100 g/mol. The summed E-state index contributed by atoms with van der Waals surface area (Å²) in [6.07, 6.45) is 18.2. The summed E-state index contributed by atoms with van der Waals surface area (Å²) in [7, 11) is 1.70. The van der Waals surface area contributed by atoms with Crippen LogP contribution in [0.3, 0.4) is 0 Å². The van der Waals surface area contributed by atoms with Crippen LogP contribution >= 0.6 is 0 Å². The number of halogens is 4. The first kappa shape index (κ1) is 89.7. The van der Waals surface area contributed by atoms with Crippen molar-refractivity contribution in [1.82, 2.24) is 0 Å². The molecule has 6 aliphatic rings. The molecular formula is C77H150F4O6. The summed E-state index contributed by atoms with van der Waals surface area (Å²) in [5.74, 6) is -2.38. The molecule has 0 N–H and O–H groups in total. The molecule has 1 aliphatic heterocycles. The molecule has 1 heterocycles. The highest BCUT2D eigenvalue weighted by Crippen LogP contribution is 2.52. The smallest absolute Gasteiger partial charge is 0.255 e. The van der Waals surface area contributed by atoms with E-state index in [1.165, 1.54) is 82.6 Å². The molecule has 5 saturated carbocycles. The van der Waals surface area contributed by atoms with Gasteiger partial charge in [-0.3, -0.25) is 0 Å². The molecule has 1 saturated heterocycles.